The molecule has 2 heterocycles. The van der Waals surface area contributed by atoms with E-state index in [9.17, 15) is 18.8 Å². The van der Waals surface area contributed by atoms with Gasteiger partial charge in [0.2, 0.25) is 5.91 Å². The van der Waals surface area contributed by atoms with Crippen LogP contribution < -0.4 is 10.6 Å². The van der Waals surface area contributed by atoms with Crippen LogP contribution in [0, 0.1) is 5.82 Å². The number of nitrogens with one attached hydrogen (secondary N) is 2. The zero-order valence-electron chi connectivity index (χ0n) is 22.4. The van der Waals surface area contributed by atoms with Crippen LogP contribution in [0.2, 0.25) is 0 Å². The van der Waals surface area contributed by atoms with Crippen molar-refractivity contribution >= 4 is 46.1 Å². The molecule has 42 heavy (non-hydrogen) atoms. The second-order valence-corrected chi connectivity index (χ2v) is 12.0. The van der Waals surface area contributed by atoms with Gasteiger partial charge < -0.3 is 15.4 Å². The van der Waals surface area contributed by atoms with Crippen LogP contribution in [0.25, 0.3) is 11.3 Å². The molecule has 1 aliphatic heterocycles. The van der Waals surface area contributed by atoms with Gasteiger partial charge in [0.25, 0.3) is 5.91 Å². The number of aromatic nitrogens is 1. The molecule has 2 atom stereocenters. The third-order valence-corrected chi connectivity index (χ3v) is 9.04. The molecule has 6 rings (SSSR count). The molecule has 3 amide bonds. The summed E-state index contributed by atoms with van der Waals surface area (Å²) in [6.07, 6.45) is 1.41. The minimum absolute atomic E-state index is 0.0577. The summed E-state index contributed by atoms with van der Waals surface area (Å²) in [6, 6.07) is 21.8. The highest BCUT2D eigenvalue weighted by molar-refractivity contribution is 7.99. The molecular weight excluding hydrogens is 575 g/mol. The number of anilines is 1. The molecule has 2 fully saturated rings. The summed E-state index contributed by atoms with van der Waals surface area (Å²) in [7, 11) is 0. The molecule has 2 aliphatic rings. The van der Waals surface area contributed by atoms with Gasteiger partial charge in [0.05, 0.1) is 5.69 Å². The first-order chi connectivity index (χ1) is 20.4. The van der Waals surface area contributed by atoms with E-state index in [1.165, 1.54) is 40.1 Å². The topological polar surface area (TPSA) is 101 Å². The number of rotatable bonds is 8. The Balaban J connectivity index is 1.15. The molecule has 214 valence electrons. The Kier molecular flexibility index (Phi) is 8.20. The van der Waals surface area contributed by atoms with Gasteiger partial charge in [0.1, 0.15) is 23.8 Å². The molecule has 3 aromatic carbocycles. The normalized spacial score (nSPS) is 18.0. The smallest absolute Gasteiger partial charge is 0.412 e. The van der Waals surface area contributed by atoms with Crippen molar-refractivity contribution < 1.29 is 23.5 Å². The lowest BCUT2D eigenvalue weighted by molar-refractivity contribution is -0.120. The predicted molar refractivity (Wildman–Crippen MR) is 161 cm³/mol. The summed E-state index contributed by atoms with van der Waals surface area (Å²) in [5, 5.41) is 7.51. The maximum Gasteiger partial charge on any atom is 0.412 e. The van der Waals surface area contributed by atoms with E-state index in [4.69, 9.17) is 4.74 Å². The number of nitrogens with zero attached hydrogens (tertiary/aromatic N) is 2. The van der Waals surface area contributed by atoms with Crippen molar-refractivity contribution in [1.29, 1.82) is 0 Å². The molecule has 0 bridgehead atoms. The van der Waals surface area contributed by atoms with Crippen molar-refractivity contribution in [3.05, 3.63) is 107 Å². The van der Waals surface area contributed by atoms with Gasteiger partial charge in [-0.05, 0) is 48.2 Å². The van der Waals surface area contributed by atoms with Gasteiger partial charge in [-0.1, -0.05) is 54.6 Å². The fourth-order valence-corrected chi connectivity index (χ4v) is 6.69. The first kappa shape index (κ1) is 27.9. The number of carbonyl (C=O) groups excluding carboxylic acids is 3. The van der Waals surface area contributed by atoms with Crippen molar-refractivity contribution in [3.8, 4) is 11.3 Å². The molecule has 4 aromatic rings. The van der Waals surface area contributed by atoms with E-state index in [0.29, 0.717) is 27.7 Å². The summed E-state index contributed by atoms with van der Waals surface area (Å²) in [4.78, 5) is 45.1. The number of thioether (sulfide) groups is 1. The fourth-order valence-electron chi connectivity index (χ4n) is 4.55. The SMILES string of the molecule is O=C(NC1CC1)c1ccc(-c2csc(NC(=O)C3CS[C@H](c4ccc(F)cc4)N3C(=O)OCc3ccccc3)n2)cc1. The van der Waals surface area contributed by atoms with E-state index in [0.717, 1.165) is 24.0 Å². The van der Waals surface area contributed by atoms with Crippen LogP contribution in [0.5, 0.6) is 0 Å². The van der Waals surface area contributed by atoms with Crippen LogP contribution in [0.1, 0.15) is 39.7 Å². The molecule has 0 spiro atoms. The first-order valence-electron chi connectivity index (χ1n) is 13.5. The van der Waals surface area contributed by atoms with E-state index in [-0.39, 0.29) is 24.4 Å². The average molecular weight is 603 g/mol. The highest BCUT2D eigenvalue weighted by Gasteiger charge is 2.43. The Morgan fingerprint density at radius 2 is 1.71 bits per heavy atom. The fraction of sp³-hybridized carbons (Fsp3) is 0.226. The zero-order valence-corrected chi connectivity index (χ0v) is 24.0. The molecule has 1 unspecified atom stereocenters. The molecule has 8 nitrogen and oxygen atoms in total. The summed E-state index contributed by atoms with van der Waals surface area (Å²) < 4.78 is 19.2. The lowest BCUT2D eigenvalue weighted by atomic mass is 10.1. The number of thiazole rings is 1. The number of hydrogen-bond acceptors (Lipinski definition) is 7. The van der Waals surface area contributed by atoms with Gasteiger partial charge in [0, 0.05) is 28.3 Å². The molecule has 0 radical (unpaired) electrons. The van der Waals surface area contributed by atoms with Crippen LogP contribution in [0.15, 0.2) is 84.2 Å². The van der Waals surface area contributed by atoms with Crippen LogP contribution >= 0.6 is 23.1 Å². The molecule has 1 saturated heterocycles. The number of hydrogen-bond donors (Lipinski definition) is 2. The second-order valence-electron chi connectivity index (χ2n) is 10.1. The number of benzene rings is 3. The molecule has 1 aromatic heterocycles. The number of halogens is 1. The van der Waals surface area contributed by atoms with Crippen molar-refractivity contribution in [3.63, 3.8) is 0 Å². The van der Waals surface area contributed by atoms with Crippen molar-refractivity contribution in [2.75, 3.05) is 11.1 Å². The molecule has 2 N–H and O–H groups in total. The monoisotopic (exact) mass is 602 g/mol. The Morgan fingerprint density at radius 3 is 2.43 bits per heavy atom. The van der Waals surface area contributed by atoms with Gasteiger partial charge in [-0.3, -0.25) is 14.5 Å². The predicted octanol–water partition coefficient (Wildman–Crippen LogP) is 6.23. The zero-order chi connectivity index (χ0) is 29.1. The molecule has 1 saturated carbocycles. The summed E-state index contributed by atoms with van der Waals surface area (Å²) in [5.41, 5.74) is 3.58. The Labute approximate surface area is 250 Å². The quantitative estimate of drug-likeness (QED) is 0.248. The lowest BCUT2D eigenvalue weighted by Crippen LogP contribution is -2.45. The van der Waals surface area contributed by atoms with Crippen LogP contribution in [-0.2, 0) is 16.1 Å². The Hall–Kier alpha value is -4.22. The van der Waals surface area contributed by atoms with Gasteiger partial charge in [-0.15, -0.1) is 23.1 Å². The van der Waals surface area contributed by atoms with Crippen LogP contribution in [0.3, 0.4) is 0 Å². The van der Waals surface area contributed by atoms with Gasteiger partial charge in [0.15, 0.2) is 5.13 Å². The minimum atomic E-state index is -0.829. The average Bonchev–Trinajstić information content (AvgIpc) is 3.51. The Morgan fingerprint density at radius 1 is 0.976 bits per heavy atom. The standard InChI is InChI=1S/C31H27FN4O4S2/c32-23-12-10-22(11-13-23)29-36(31(39)40-16-19-4-2-1-3-5-19)26(18-41-29)28(38)35-30-34-25(17-42-30)20-6-8-21(9-7-20)27(37)33-24-14-15-24/h1-13,17,24,26,29H,14-16,18H2,(H,33,37)(H,34,35,38)/t26?,29-/m1/s1. The number of ether oxygens (including phenoxy) is 1. The largest absolute Gasteiger partial charge is 0.444 e. The second kappa shape index (κ2) is 12.3. The van der Waals surface area contributed by atoms with E-state index in [1.807, 2.05) is 47.8 Å². The highest BCUT2D eigenvalue weighted by atomic mass is 32.2. The summed E-state index contributed by atoms with van der Waals surface area (Å²) in [6.45, 7) is 0.0577. The maximum atomic E-state index is 13.6. The van der Waals surface area contributed by atoms with Gasteiger partial charge in [-0.25, -0.2) is 14.2 Å². The summed E-state index contributed by atoms with van der Waals surface area (Å²) in [5.74, 6) is -0.533. The minimum Gasteiger partial charge on any atom is -0.444 e. The number of carbonyl (C=O) groups is 3. The molecule has 11 heteroatoms. The van der Waals surface area contributed by atoms with Crippen LogP contribution in [0.4, 0.5) is 14.3 Å². The molecular formula is C31H27FN4O4S2. The lowest BCUT2D eigenvalue weighted by Gasteiger charge is -2.28. The third kappa shape index (κ3) is 6.47. The van der Waals surface area contributed by atoms with E-state index >= 15 is 0 Å². The first-order valence-corrected chi connectivity index (χ1v) is 15.4. The van der Waals surface area contributed by atoms with E-state index < -0.39 is 23.4 Å². The maximum absolute atomic E-state index is 13.6. The van der Waals surface area contributed by atoms with Crippen molar-refractivity contribution in [2.45, 2.75) is 36.9 Å². The third-order valence-electron chi connectivity index (χ3n) is 6.96. The number of amides is 3. The highest BCUT2D eigenvalue weighted by Crippen LogP contribution is 2.42. The Bertz CT molecular complexity index is 1580. The van der Waals surface area contributed by atoms with Crippen molar-refractivity contribution in [2.24, 2.45) is 0 Å². The van der Waals surface area contributed by atoms with E-state index in [1.54, 1.807) is 24.3 Å². The van der Waals surface area contributed by atoms with Gasteiger partial charge >= 0.3 is 6.09 Å². The molecule has 1 aliphatic carbocycles. The van der Waals surface area contributed by atoms with Crippen molar-refractivity contribution in [1.82, 2.24) is 15.2 Å². The summed E-state index contributed by atoms with van der Waals surface area (Å²) >= 11 is 2.68. The van der Waals surface area contributed by atoms with Gasteiger partial charge in [-0.2, -0.15) is 0 Å². The van der Waals surface area contributed by atoms with E-state index in [2.05, 4.69) is 15.6 Å². The van der Waals surface area contributed by atoms with Crippen LogP contribution in [-0.4, -0.2) is 45.6 Å².